The van der Waals surface area contributed by atoms with E-state index in [0.717, 1.165) is 5.69 Å². The number of rotatable bonds is 3. The molecule has 0 spiro atoms. The highest BCUT2D eigenvalue weighted by molar-refractivity contribution is 5.77. The second-order valence-corrected chi connectivity index (χ2v) is 3.13. The molecule has 1 rings (SSSR count). The Kier molecular flexibility index (Phi) is 3.51. The van der Waals surface area contributed by atoms with Crippen molar-refractivity contribution in [2.45, 2.75) is 13.3 Å². The van der Waals surface area contributed by atoms with Crippen molar-refractivity contribution in [2.75, 3.05) is 19.1 Å². The van der Waals surface area contributed by atoms with Gasteiger partial charge in [0.2, 0.25) is 5.91 Å². The van der Waals surface area contributed by atoms with E-state index in [9.17, 15) is 4.79 Å². The van der Waals surface area contributed by atoms with E-state index >= 15 is 0 Å². The van der Waals surface area contributed by atoms with Crippen molar-refractivity contribution in [1.82, 2.24) is 5.01 Å². The summed E-state index contributed by atoms with van der Waals surface area (Å²) in [4.78, 5) is 11.4. The third-order valence-corrected chi connectivity index (χ3v) is 2.24. The molecule has 0 saturated heterocycles. The normalized spacial score (nSPS) is 9.64. The average Bonchev–Trinajstić information content (AvgIpc) is 2.27. The minimum absolute atomic E-state index is 0.108. The van der Waals surface area contributed by atoms with Crippen molar-refractivity contribution in [3.8, 4) is 0 Å². The molecular weight excluding hydrogens is 176 g/mol. The third-order valence-electron chi connectivity index (χ3n) is 2.24. The molecule has 76 valence electrons. The van der Waals surface area contributed by atoms with Gasteiger partial charge in [-0.15, -0.1) is 0 Å². The molecule has 0 fully saturated rings. The molecule has 14 heavy (non-hydrogen) atoms. The molecule has 0 atom stereocenters. The summed E-state index contributed by atoms with van der Waals surface area (Å²) < 4.78 is 0. The number of hydrogen-bond acceptors (Lipinski definition) is 2. The first-order valence-electron chi connectivity index (χ1n) is 4.72. The highest BCUT2D eigenvalue weighted by Gasteiger charge is 2.11. The number of hydrogen-bond donors (Lipinski definition) is 0. The van der Waals surface area contributed by atoms with Crippen molar-refractivity contribution in [1.29, 1.82) is 0 Å². The highest BCUT2D eigenvalue weighted by atomic mass is 16.2. The molecule has 0 heterocycles. The predicted octanol–water partition coefficient (Wildman–Crippen LogP) is 1.91. The van der Waals surface area contributed by atoms with Crippen LogP contribution in [0.25, 0.3) is 0 Å². The van der Waals surface area contributed by atoms with Crippen LogP contribution < -0.4 is 5.01 Å². The molecule has 0 aromatic heterocycles. The molecule has 3 heteroatoms. The first-order chi connectivity index (χ1) is 6.66. The van der Waals surface area contributed by atoms with E-state index in [2.05, 4.69) is 0 Å². The van der Waals surface area contributed by atoms with Gasteiger partial charge in [0.1, 0.15) is 0 Å². The van der Waals surface area contributed by atoms with Crippen LogP contribution in [0.5, 0.6) is 0 Å². The molecule has 1 aromatic carbocycles. The molecular formula is C11H16N2O. The molecule has 1 amide bonds. The summed E-state index contributed by atoms with van der Waals surface area (Å²) in [5, 5.41) is 3.46. The van der Waals surface area contributed by atoms with Gasteiger partial charge in [-0.25, -0.2) is 0 Å². The summed E-state index contributed by atoms with van der Waals surface area (Å²) in [5.41, 5.74) is 1.01. The maximum atomic E-state index is 11.4. The Bertz CT molecular complexity index is 297. The van der Waals surface area contributed by atoms with E-state index in [1.807, 2.05) is 49.3 Å². The van der Waals surface area contributed by atoms with E-state index < -0.39 is 0 Å². The van der Waals surface area contributed by atoms with Crippen molar-refractivity contribution >= 4 is 11.6 Å². The monoisotopic (exact) mass is 192 g/mol. The van der Waals surface area contributed by atoms with E-state index in [1.165, 1.54) is 0 Å². The zero-order chi connectivity index (χ0) is 10.6. The minimum Gasteiger partial charge on any atom is -0.286 e. The predicted molar refractivity (Wildman–Crippen MR) is 57.9 cm³/mol. The lowest BCUT2D eigenvalue weighted by atomic mass is 10.3. The first kappa shape index (κ1) is 10.6. The molecule has 0 N–H and O–H groups in total. The fraction of sp³-hybridized carbons (Fsp3) is 0.364. The van der Waals surface area contributed by atoms with Crippen LogP contribution in [-0.2, 0) is 4.79 Å². The van der Waals surface area contributed by atoms with Gasteiger partial charge in [-0.2, -0.15) is 0 Å². The minimum atomic E-state index is 0.108. The van der Waals surface area contributed by atoms with E-state index in [-0.39, 0.29) is 5.91 Å². The molecule has 0 aliphatic heterocycles. The summed E-state index contributed by atoms with van der Waals surface area (Å²) in [6.07, 6.45) is 0.522. The van der Waals surface area contributed by atoms with E-state index in [1.54, 1.807) is 12.1 Å². The Hall–Kier alpha value is -1.51. The number of carbonyl (C=O) groups excluding carboxylic acids is 1. The summed E-state index contributed by atoms with van der Waals surface area (Å²) in [6, 6.07) is 9.81. The fourth-order valence-electron chi connectivity index (χ4n) is 1.21. The Labute approximate surface area is 84.9 Å². The Morgan fingerprint density at radius 2 is 1.79 bits per heavy atom. The molecule has 3 nitrogen and oxygen atoms in total. The smallest absolute Gasteiger partial charge is 0.240 e. The summed E-state index contributed by atoms with van der Waals surface area (Å²) in [6.45, 7) is 1.86. The quantitative estimate of drug-likeness (QED) is 0.683. The van der Waals surface area contributed by atoms with Crippen molar-refractivity contribution in [3.05, 3.63) is 30.3 Å². The second kappa shape index (κ2) is 4.65. The van der Waals surface area contributed by atoms with E-state index in [0.29, 0.717) is 6.42 Å². The van der Waals surface area contributed by atoms with Gasteiger partial charge in [0.05, 0.1) is 5.69 Å². The molecule has 0 unspecified atom stereocenters. The van der Waals surface area contributed by atoms with Gasteiger partial charge in [0, 0.05) is 20.5 Å². The molecule has 0 bridgehead atoms. The van der Waals surface area contributed by atoms with Crippen LogP contribution in [0.15, 0.2) is 30.3 Å². The number of nitrogens with zero attached hydrogens (tertiary/aromatic N) is 2. The zero-order valence-electron chi connectivity index (χ0n) is 8.90. The number of carbonyl (C=O) groups is 1. The lowest BCUT2D eigenvalue weighted by Gasteiger charge is -2.29. The maximum Gasteiger partial charge on any atom is 0.240 e. The summed E-state index contributed by atoms with van der Waals surface area (Å²) >= 11 is 0. The lowest BCUT2D eigenvalue weighted by Crippen LogP contribution is -2.40. The molecule has 0 aliphatic carbocycles. The van der Waals surface area contributed by atoms with Crippen LogP contribution in [0.4, 0.5) is 5.69 Å². The maximum absolute atomic E-state index is 11.4. The lowest BCUT2D eigenvalue weighted by molar-refractivity contribution is -0.129. The van der Waals surface area contributed by atoms with Gasteiger partial charge in [-0.3, -0.25) is 14.8 Å². The second-order valence-electron chi connectivity index (χ2n) is 3.13. The standard InChI is InChI=1S/C11H16N2O/c1-4-11(14)13(3)12(2)10-8-6-5-7-9-10/h5-9H,4H2,1-3H3. The van der Waals surface area contributed by atoms with Gasteiger partial charge < -0.3 is 0 Å². The Morgan fingerprint density at radius 1 is 1.21 bits per heavy atom. The Balaban J connectivity index is 2.75. The summed E-state index contributed by atoms with van der Waals surface area (Å²) in [7, 11) is 3.65. The van der Waals surface area contributed by atoms with Crippen LogP contribution in [0, 0.1) is 0 Å². The third kappa shape index (κ3) is 2.25. The number of anilines is 1. The molecule has 1 aromatic rings. The molecule has 0 saturated carbocycles. The molecule has 0 aliphatic rings. The van der Waals surface area contributed by atoms with Crippen molar-refractivity contribution < 1.29 is 4.79 Å². The number of para-hydroxylation sites is 1. The fourth-order valence-corrected chi connectivity index (χ4v) is 1.21. The summed E-state index contributed by atoms with van der Waals surface area (Å²) in [5.74, 6) is 0.108. The van der Waals surface area contributed by atoms with Gasteiger partial charge >= 0.3 is 0 Å². The van der Waals surface area contributed by atoms with Crippen molar-refractivity contribution in [2.24, 2.45) is 0 Å². The van der Waals surface area contributed by atoms with Crippen LogP contribution in [0.3, 0.4) is 0 Å². The topological polar surface area (TPSA) is 23.6 Å². The number of hydrazine groups is 1. The van der Waals surface area contributed by atoms with Crippen molar-refractivity contribution in [3.63, 3.8) is 0 Å². The van der Waals surface area contributed by atoms with Gasteiger partial charge in [0.25, 0.3) is 0 Å². The van der Waals surface area contributed by atoms with Gasteiger partial charge in [-0.1, -0.05) is 25.1 Å². The highest BCUT2D eigenvalue weighted by Crippen LogP contribution is 2.12. The van der Waals surface area contributed by atoms with E-state index in [4.69, 9.17) is 0 Å². The van der Waals surface area contributed by atoms with Crippen LogP contribution in [0.2, 0.25) is 0 Å². The van der Waals surface area contributed by atoms with Crippen LogP contribution >= 0.6 is 0 Å². The van der Waals surface area contributed by atoms with Crippen LogP contribution in [-0.4, -0.2) is 25.0 Å². The zero-order valence-corrected chi connectivity index (χ0v) is 8.90. The average molecular weight is 192 g/mol. The number of amides is 1. The van der Waals surface area contributed by atoms with Gasteiger partial charge in [0.15, 0.2) is 0 Å². The Morgan fingerprint density at radius 3 is 2.29 bits per heavy atom. The first-order valence-corrected chi connectivity index (χ1v) is 4.72. The SMILES string of the molecule is CCC(=O)N(C)N(C)c1ccccc1. The van der Waals surface area contributed by atoms with Gasteiger partial charge in [-0.05, 0) is 12.1 Å². The molecule has 0 radical (unpaired) electrons. The largest absolute Gasteiger partial charge is 0.286 e. The van der Waals surface area contributed by atoms with Crippen LogP contribution in [0.1, 0.15) is 13.3 Å². The number of benzene rings is 1.